The number of nitrogens with zero attached hydrogens (tertiary/aromatic N) is 2. The maximum Gasteiger partial charge on any atom is 0.244 e. The summed E-state index contributed by atoms with van der Waals surface area (Å²) in [6, 6.07) is 10.8. The lowest BCUT2D eigenvalue weighted by Gasteiger charge is -2.31. The Bertz CT molecular complexity index is 1090. The van der Waals surface area contributed by atoms with E-state index in [0.717, 1.165) is 33.4 Å². The van der Waals surface area contributed by atoms with Crippen molar-refractivity contribution in [1.29, 1.82) is 0 Å². The van der Waals surface area contributed by atoms with Gasteiger partial charge >= 0.3 is 0 Å². The zero-order valence-corrected chi connectivity index (χ0v) is 23.1. The fraction of sp³-hybridized carbons (Fsp3) is 0.391. The maximum atomic E-state index is 13.5. The first-order valence-corrected chi connectivity index (χ1v) is 14.1. The largest absolute Gasteiger partial charge is 0.354 e. The lowest BCUT2D eigenvalue weighted by molar-refractivity contribution is -0.139. The minimum absolute atomic E-state index is 0.127. The number of benzene rings is 2. The third kappa shape index (κ3) is 8.45. The first-order valence-electron chi connectivity index (χ1n) is 10.7. The Kier molecular flexibility index (Phi) is 10.7. The number of hydrogen-bond acceptors (Lipinski definition) is 4. The van der Waals surface area contributed by atoms with Crippen LogP contribution in [-0.2, 0) is 26.2 Å². The summed E-state index contributed by atoms with van der Waals surface area (Å²) in [6.07, 6.45) is 2.73. The van der Waals surface area contributed by atoms with E-state index in [1.165, 1.54) is 23.1 Å². The fourth-order valence-electron chi connectivity index (χ4n) is 3.20. The molecule has 1 unspecified atom stereocenters. The molecule has 0 aliphatic rings. The standard InChI is InChI=1S/C23H28BrCl2N3O4S/c1-4-5-10-27-23(31)16(2)28(14-17-6-8-18(24)9-7-17)22(30)15-29(34(3,32)33)21-12-19(25)11-20(26)13-21/h6-9,11-13,16H,4-5,10,14-15H2,1-3H3,(H,27,31). The van der Waals surface area contributed by atoms with Gasteiger partial charge in [0.2, 0.25) is 21.8 Å². The smallest absolute Gasteiger partial charge is 0.244 e. The summed E-state index contributed by atoms with van der Waals surface area (Å²) in [4.78, 5) is 27.6. The molecule has 0 spiro atoms. The molecule has 1 N–H and O–H groups in total. The number of sulfonamides is 1. The molecule has 0 heterocycles. The van der Waals surface area contributed by atoms with Crippen molar-refractivity contribution in [3.05, 3.63) is 62.5 Å². The van der Waals surface area contributed by atoms with Gasteiger partial charge in [0.15, 0.2) is 0 Å². The molecule has 0 aromatic heterocycles. The van der Waals surface area contributed by atoms with Crippen LogP contribution in [0.2, 0.25) is 10.0 Å². The summed E-state index contributed by atoms with van der Waals surface area (Å²) >= 11 is 15.5. The van der Waals surface area contributed by atoms with Gasteiger partial charge in [-0.05, 0) is 49.2 Å². The van der Waals surface area contributed by atoms with E-state index in [1.54, 1.807) is 6.92 Å². The van der Waals surface area contributed by atoms with Crippen molar-refractivity contribution in [2.45, 2.75) is 39.3 Å². The predicted octanol–water partition coefficient (Wildman–Crippen LogP) is 4.86. The summed E-state index contributed by atoms with van der Waals surface area (Å²) < 4.78 is 27.0. The zero-order valence-electron chi connectivity index (χ0n) is 19.2. The van der Waals surface area contributed by atoms with Crippen molar-refractivity contribution < 1.29 is 18.0 Å². The van der Waals surface area contributed by atoms with E-state index < -0.39 is 28.5 Å². The second-order valence-electron chi connectivity index (χ2n) is 7.87. The van der Waals surface area contributed by atoms with Crippen molar-refractivity contribution in [3.8, 4) is 0 Å². The Balaban J connectivity index is 2.37. The third-order valence-electron chi connectivity index (χ3n) is 5.08. The number of rotatable bonds is 11. The molecule has 1 atom stereocenters. The molecular weight excluding hydrogens is 565 g/mol. The van der Waals surface area contributed by atoms with E-state index in [9.17, 15) is 18.0 Å². The second kappa shape index (κ2) is 12.8. The lowest BCUT2D eigenvalue weighted by Crippen LogP contribution is -2.51. The van der Waals surface area contributed by atoms with Crippen LogP contribution in [-0.4, -0.2) is 50.5 Å². The van der Waals surface area contributed by atoms with Gasteiger partial charge in [-0.1, -0.05) is 64.6 Å². The molecule has 0 radical (unpaired) electrons. The highest BCUT2D eigenvalue weighted by Crippen LogP contribution is 2.27. The molecule has 186 valence electrons. The molecule has 0 saturated heterocycles. The molecule has 11 heteroatoms. The Labute approximate surface area is 219 Å². The molecular formula is C23H28BrCl2N3O4S. The first kappa shape index (κ1) is 28.4. The summed E-state index contributed by atoms with van der Waals surface area (Å²) in [7, 11) is -3.86. The number of unbranched alkanes of at least 4 members (excludes halogenated alkanes) is 1. The Morgan fingerprint density at radius 2 is 1.68 bits per heavy atom. The van der Waals surface area contributed by atoms with Gasteiger partial charge < -0.3 is 10.2 Å². The monoisotopic (exact) mass is 591 g/mol. The van der Waals surface area contributed by atoms with Crippen molar-refractivity contribution in [2.24, 2.45) is 0 Å². The highest BCUT2D eigenvalue weighted by molar-refractivity contribution is 9.10. The van der Waals surface area contributed by atoms with Crippen LogP contribution in [0.25, 0.3) is 0 Å². The average Bonchev–Trinajstić information content (AvgIpc) is 2.75. The van der Waals surface area contributed by atoms with E-state index in [0.29, 0.717) is 6.54 Å². The van der Waals surface area contributed by atoms with E-state index in [2.05, 4.69) is 21.2 Å². The SMILES string of the molecule is CCCCNC(=O)C(C)N(Cc1ccc(Br)cc1)C(=O)CN(c1cc(Cl)cc(Cl)c1)S(C)(=O)=O. The van der Waals surface area contributed by atoms with Crippen LogP contribution in [0.5, 0.6) is 0 Å². The third-order valence-corrected chi connectivity index (χ3v) is 7.18. The highest BCUT2D eigenvalue weighted by Gasteiger charge is 2.30. The van der Waals surface area contributed by atoms with E-state index in [4.69, 9.17) is 23.2 Å². The molecule has 2 rings (SSSR count). The van der Waals surface area contributed by atoms with Crippen molar-refractivity contribution in [1.82, 2.24) is 10.2 Å². The number of nitrogens with one attached hydrogen (secondary N) is 1. The molecule has 2 amide bonds. The van der Waals surface area contributed by atoms with Crippen LogP contribution in [0.4, 0.5) is 5.69 Å². The quantitative estimate of drug-likeness (QED) is 0.378. The van der Waals surface area contributed by atoms with Crippen molar-refractivity contribution >= 4 is 66.7 Å². The van der Waals surface area contributed by atoms with Gasteiger partial charge in [0, 0.05) is 27.6 Å². The molecule has 7 nitrogen and oxygen atoms in total. The molecule has 0 aliphatic heterocycles. The Morgan fingerprint density at radius 3 is 2.21 bits per heavy atom. The van der Waals surface area contributed by atoms with Crippen LogP contribution in [0, 0.1) is 0 Å². The average molecular weight is 593 g/mol. The number of anilines is 1. The van der Waals surface area contributed by atoms with Gasteiger partial charge in [0.05, 0.1) is 11.9 Å². The van der Waals surface area contributed by atoms with Gasteiger partial charge in [0.25, 0.3) is 0 Å². The van der Waals surface area contributed by atoms with Crippen LogP contribution in [0.1, 0.15) is 32.3 Å². The Morgan fingerprint density at radius 1 is 1.09 bits per heavy atom. The van der Waals surface area contributed by atoms with Crippen LogP contribution >= 0.6 is 39.1 Å². The topological polar surface area (TPSA) is 86.8 Å². The predicted molar refractivity (Wildman–Crippen MR) is 141 cm³/mol. The second-order valence-corrected chi connectivity index (χ2v) is 11.6. The maximum absolute atomic E-state index is 13.5. The summed E-state index contributed by atoms with van der Waals surface area (Å²) in [5.74, 6) is -0.849. The molecule has 2 aromatic rings. The van der Waals surface area contributed by atoms with Gasteiger partial charge in [-0.15, -0.1) is 0 Å². The molecule has 34 heavy (non-hydrogen) atoms. The van der Waals surface area contributed by atoms with Crippen LogP contribution in [0.15, 0.2) is 46.9 Å². The summed E-state index contributed by atoms with van der Waals surface area (Å²) in [5, 5.41) is 3.31. The molecule has 0 bridgehead atoms. The van der Waals surface area contributed by atoms with Crippen LogP contribution in [0.3, 0.4) is 0 Å². The fourth-order valence-corrected chi connectivity index (χ4v) is 4.81. The summed E-state index contributed by atoms with van der Waals surface area (Å²) in [6.45, 7) is 3.75. The van der Waals surface area contributed by atoms with Gasteiger partial charge in [-0.2, -0.15) is 0 Å². The summed E-state index contributed by atoms with van der Waals surface area (Å²) in [5.41, 5.74) is 0.957. The van der Waals surface area contributed by atoms with E-state index in [1.807, 2.05) is 31.2 Å². The molecule has 0 aliphatic carbocycles. The number of carbonyl (C=O) groups is 2. The van der Waals surface area contributed by atoms with E-state index >= 15 is 0 Å². The normalized spacial score (nSPS) is 12.2. The molecule has 2 aromatic carbocycles. The number of hydrogen-bond donors (Lipinski definition) is 1. The van der Waals surface area contributed by atoms with Gasteiger partial charge in [-0.3, -0.25) is 13.9 Å². The first-order chi connectivity index (χ1) is 15.9. The lowest BCUT2D eigenvalue weighted by atomic mass is 10.1. The van der Waals surface area contributed by atoms with Crippen LogP contribution < -0.4 is 9.62 Å². The number of halogens is 3. The minimum atomic E-state index is -3.86. The zero-order chi connectivity index (χ0) is 25.5. The molecule has 0 fully saturated rings. The van der Waals surface area contributed by atoms with Gasteiger partial charge in [-0.25, -0.2) is 8.42 Å². The van der Waals surface area contributed by atoms with Gasteiger partial charge in [0.1, 0.15) is 12.6 Å². The van der Waals surface area contributed by atoms with Crippen molar-refractivity contribution in [2.75, 3.05) is 23.7 Å². The number of amides is 2. The highest BCUT2D eigenvalue weighted by atomic mass is 79.9. The minimum Gasteiger partial charge on any atom is -0.354 e. The Hall–Kier alpha value is -1.81. The molecule has 0 saturated carbocycles. The van der Waals surface area contributed by atoms with E-state index in [-0.39, 0.29) is 28.2 Å². The van der Waals surface area contributed by atoms with Crippen molar-refractivity contribution in [3.63, 3.8) is 0 Å². The number of carbonyl (C=O) groups excluding carboxylic acids is 2.